The van der Waals surface area contributed by atoms with Gasteiger partial charge in [-0.15, -0.1) is 0 Å². The van der Waals surface area contributed by atoms with Crippen LogP contribution in [0.15, 0.2) is 18.2 Å². The lowest BCUT2D eigenvalue weighted by Crippen LogP contribution is -2.52. The number of phenolic OH excluding ortho intramolecular Hbond substituents is 4. The first-order valence-corrected chi connectivity index (χ1v) is 12.4. The van der Waals surface area contributed by atoms with Crippen LogP contribution in [0.4, 0.5) is 0 Å². The normalized spacial score (nSPS) is 28.9. The van der Waals surface area contributed by atoms with Gasteiger partial charge in [0.15, 0.2) is 18.4 Å². The second kappa shape index (κ2) is 9.59. The van der Waals surface area contributed by atoms with E-state index in [-0.39, 0.29) is 44.7 Å². The van der Waals surface area contributed by atoms with Crippen LogP contribution in [-0.2, 0) is 20.7 Å². The molecule has 0 amide bonds. The van der Waals surface area contributed by atoms with Gasteiger partial charge in [-0.2, -0.15) is 0 Å². The lowest BCUT2D eigenvalue weighted by Gasteiger charge is -2.41. The van der Waals surface area contributed by atoms with E-state index in [0.717, 1.165) is 0 Å². The Balaban J connectivity index is 1.77. The number of rotatable bonds is 5. The van der Waals surface area contributed by atoms with Crippen molar-refractivity contribution in [3.8, 4) is 23.0 Å². The number of aliphatic hydroxyl groups is 3. The van der Waals surface area contributed by atoms with Gasteiger partial charge in [-0.25, -0.2) is 0 Å². The third kappa shape index (κ3) is 4.07. The number of ether oxygens (including phenoxy) is 2. The molecule has 1 fully saturated rings. The first kappa shape index (κ1) is 27.1. The van der Waals surface area contributed by atoms with Crippen LogP contribution in [0, 0.1) is 0 Å². The Hall–Kier alpha value is -3.52. The minimum absolute atomic E-state index is 0.0155. The molecule has 12 heteroatoms. The highest BCUT2D eigenvalue weighted by molar-refractivity contribution is 6.18. The topological polar surface area (TPSA) is 220 Å². The van der Waals surface area contributed by atoms with E-state index in [0.29, 0.717) is 6.29 Å². The lowest BCUT2D eigenvalue weighted by atomic mass is 9.74. The summed E-state index contributed by atoms with van der Waals surface area (Å²) < 4.78 is 11.7. The van der Waals surface area contributed by atoms with Crippen LogP contribution >= 0.6 is 0 Å². The number of benzene rings is 3. The van der Waals surface area contributed by atoms with Crippen molar-refractivity contribution in [2.75, 3.05) is 6.61 Å². The first-order valence-electron chi connectivity index (χ1n) is 12.4. The fourth-order valence-corrected chi connectivity index (χ4v) is 5.77. The Morgan fingerprint density at radius 2 is 1.82 bits per heavy atom. The highest BCUT2D eigenvalue weighted by atomic mass is 16.7. The molecule has 39 heavy (non-hydrogen) atoms. The van der Waals surface area contributed by atoms with E-state index in [1.165, 1.54) is 18.2 Å². The van der Waals surface area contributed by atoms with Gasteiger partial charge >= 0.3 is 0 Å². The minimum atomic E-state index is -2.23. The molecule has 1 saturated heterocycles. The molecule has 0 aromatic heterocycles. The summed E-state index contributed by atoms with van der Waals surface area (Å²) in [5.74, 6) is -3.38. The third-order valence-electron chi connectivity index (χ3n) is 7.82. The van der Waals surface area contributed by atoms with E-state index in [1.807, 2.05) is 0 Å². The van der Waals surface area contributed by atoms with Crippen molar-refractivity contribution in [1.82, 2.24) is 0 Å². The van der Waals surface area contributed by atoms with Crippen LogP contribution in [0.2, 0.25) is 0 Å². The van der Waals surface area contributed by atoms with Crippen molar-refractivity contribution in [3.05, 3.63) is 34.9 Å². The molecular weight excluding hydrogens is 514 g/mol. The molecule has 0 spiro atoms. The lowest BCUT2D eigenvalue weighted by molar-refractivity contribution is -0.247. The predicted octanol–water partition coefficient (Wildman–Crippen LogP) is 0.747. The van der Waals surface area contributed by atoms with Crippen LogP contribution < -0.4 is 5.73 Å². The first-order chi connectivity index (χ1) is 18.4. The molecule has 3 aromatic carbocycles. The molecule has 208 valence electrons. The summed E-state index contributed by atoms with van der Waals surface area (Å²) in [6.07, 6.45) is -4.63. The molecule has 0 saturated carbocycles. The molecular formula is C27H29NO11. The summed E-state index contributed by atoms with van der Waals surface area (Å²) in [4.78, 5) is 24.3. The van der Waals surface area contributed by atoms with Crippen LogP contribution in [-0.4, -0.2) is 84.6 Å². The van der Waals surface area contributed by atoms with E-state index in [9.17, 15) is 45.3 Å². The van der Waals surface area contributed by atoms with Gasteiger partial charge < -0.3 is 51.0 Å². The Morgan fingerprint density at radius 3 is 2.46 bits per heavy atom. The highest BCUT2D eigenvalue weighted by Gasteiger charge is 2.48. The van der Waals surface area contributed by atoms with Crippen molar-refractivity contribution in [3.63, 3.8) is 0 Å². The van der Waals surface area contributed by atoms with Gasteiger partial charge in [0.2, 0.25) is 0 Å². The number of carbonyl (C=O) groups is 2. The SMILES string of the molecule is C[C@@H]1OC(O[C@H]2C[C@](O)(C(=O)CO)Cc3c2c(O)c2c(O)c4c(C=O)cccc4c(O)c2c3O)C[C@H](N)[C@H]1O. The monoisotopic (exact) mass is 543 g/mol. The largest absolute Gasteiger partial charge is 0.507 e. The number of carbonyl (C=O) groups excluding carboxylic acids is 2. The number of hydrogen-bond acceptors (Lipinski definition) is 12. The van der Waals surface area contributed by atoms with Gasteiger partial charge in [-0.3, -0.25) is 9.59 Å². The summed E-state index contributed by atoms with van der Waals surface area (Å²) in [6.45, 7) is 0.561. The number of Topliss-reactive ketones (excluding diaryl/α,β-unsaturated/α-hetero) is 1. The quantitative estimate of drug-likeness (QED) is 0.127. The van der Waals surface area contributed by atoms with Gasteiger partial charge in [-0.1, -0.05) is 18.2 Å². The molecule has 3 aromatic rings. The van der Waals surface area contributed by atoms with Gasteiger partial charge in [0.05, 0.1) is 29.1 Å². The third-order valence-corrected chi connectivity index (χ3v) is 7.82. The zero-order valence-corrected chi connectivity index (χ0v) is 20.9. The summed E-state index contributed by atoms with van der Waals surface area (Å²) in [5, 5.41) is 75.3. The van der Waals surface area contributed by atoms with Crippen molar-refractivity contribution >= 4 is 33.6 Å². The maximum Gasteiger partial charge on any atom is 0.190 e. The second-order valence-corrected chi connectivity index (χ2v) is 10.2. The summed E-state index contributed by atoms with van der Waals surface area (Å²) >= 11 is 0. The van der Waals surface area contributed by atoms with Crippen molar-refractivity contribution < 1.29 is 54.8 Å². The number of aldehydes is 1. The molecule has 5 rings (SSSR count). The molecule has 6 atom stereocenters. The molecule has 2 aliphatic rings. The summed E-state index contributed by atoms with van der Waals surface area (Å²) in [7, 11) is 0. The van der Waals surface area contributed by atoms with Crippen molar-refractivity contribution in [2.45, 2.75) is 62.4 Å². The number of hydrogen-bond donors (Lipinski definition) is 8. The number of phenols is 4. The van der Waals surface area contributed by atoms with E-state index < -0.39 is 84.5 Å². The maximum atomic E-state index is 12.6. The second-order valence-electron chi connectivity index (χ2n) is 10.2. The molecule has 0 radical (unpaired) electrons. The zero-order chi connectivity index (χ0) is 28.4. The maximum absolute atomic E-state index is 12.6. The predicted molar refractivity (Wildman–Crippen MR) is 136 cm³/mol. The van der Waals surface area contributed by atoms with Crippen LogP contribution in [0.3, 0.4) is 0 Å². The average Bonchev–Trinajstić information content (AvgIpc) is 2.90. The Labute approximate surface area is 221 Å². The Bertz CT molecular complexity index is 1490. The van der Waals surface area contributed by atoms with Gasteiger partial charge in [0.1, 0.15) is 35.2 Å². The molecule has 0 bridgehead atoms. The number of aliphatic hydroxyl groups excluding tert-OH is 2. The van der Waals surface area contributed by atoms with Crippen LogP contribution in [0.5, 0.6) is 23.0 Å². The van der Waals surface area contributed by atoms with Gasteiger partial charge in [-0.05, 0) is 6.92 Å². The smallest absolute Gasteiger partial charge is 0.190 e. The van der Waals surface area contributed by atoms with Crippen molar-refractivity contribution in [2.24, 2.45) is 5.73 Å². The summed E-state index contributed by atoms with van der Waals surface area (Å²) in [6, 6.07) is 3.54. The summed E-state index contributed by atoms with van der Waals surface area (Å²) in [5.41, 5.74) is 3.54. The number of ketones is 1. The van der Waals surface area contributed by atoms with E-state index in [2.05, 4.69) is 0 Å². The Morgan fingerprint density at radius 1 is 1.13 bits per heavy atom. The highest BCUT2D eigenvalue weighted by Crippen LogP contribution is 2.56. The van der Waals surface area contributed by atoms with E-state index in [1.54, 1.807) is 6.92 Å². The van der Waals surface area contributed by atoms with Crippen molar-refractivity contribution in [1.29, 1.82) is 0 Å². The molecule has 1 aliphatic carbocycles. The molecule has 9 N–H and O–H groups in total. The Kier molecular flexibility index (Phi) is 6.66. The van der Waals surface area contributed by atoms with E-state index in [4.69, 9.17) is 15.2 Å². The van der Waals surface area contributed by atoms with Crippen LogP contribution in [0.25, 0.3) is 21.5 Å². The fraction of sp³-hybridized carbons (Fsp3) is 0.407. The number of nitrogens with two attached hydrogens (primary N) is 1. The molecule has 1 heterocycles. The molecule has 1 aliphatic heterocycles. The van der Waals surface area contributed by atoms with E-state index >= 15 is 0 Å². The molecule has 12 nitrogen and oxygen atoms in total. The fourth-order valence-electron chi connectivity index (χ4n) is 5.77. The van der Waals surface area contributed by atoms with Crippen LogP contribution in [0.1, 0.15) is 47.4 Å². The average molecular weight is 544 g/mol. The standard InChI is InChI=1S/C27H29NO11/c1-10-22(32)14(28)5-17(38-10)39-15-7-27(37,16(31)9-30)6-13-19(15)26(36)21-20(24(13)34)23(33)12-4-2-3-11(8-29)18(12)25(21)35/h2-4,8,10,14-15,17,22,30,32-37H,5-7,9,28H2,1H3/t10-,14-,15-,17?,22-,27-/m0/s1. The van der Waals surface area contributed by atoms with Gasteiger partial charge in [0.25, 0.3) is 0 Å². The number of aromatic hydroxyl groups is 4. The molecule has 1 unspecified atom stereocenters. The number of fused-ring (bicyclic) bond motifs is 3. The minimum Gasteiger partial charge on any atom is -0.507 e. The van der Waals surface area contributed by atoms with Gasteiger partial charge in [0, 0.05) is 52.8 Å². The zero-order valence-electron chi connectivity index (χ0n) is 20.9.